The third kappa shape index (κ3) is 2.83. The molecule has 0 aliphatic heterocycles. The van der Waals surface area contributed by atoms with E-state index in [2.05, 4.69) is 15.3 Å². The first-order chi connectivity index (χ1) is 11.5. The van der Waals surface area contributed by atoms with Crippen LogP contribution in [0.4, 0.5) is 15.8 Å². The molecule has 0 spiro atoms. The Balaban J connectivity index is 2.15. The number of carbonyl (C=O) groups excluding carboxylic acids is 1. The molecule has 0 radical (unpaired) electrons. The average Bonchev–Trinajstić information content (AvgIpc) is 2.57. The molecule has 0 bridgehead atoms. The summed E-state index contributed by atoms with van der Waals surface area (Å²) in [5.41, 5.74) is 6.70. The van der Waals surface area contributed by atoms with Crippen molar-refractivity contribution < 1.29 is 9.18 Å². The maximum Gasteiger partial charge on any atom is 0.267 e. The second kappa shape index (κ2) is 6.10. The van der Waals surface area contributed by atoms with Crippen LogP contribution in [0.15, 0.2) is 36.5 Å². The number of aromatic nitrogens is 2. The summed E-state index contributed by atoms with van der Waals surface area (Å²) in [6.07, 6.45) is 1.33. The lowest BCUT2D eigenvalue weighted by molar-refractivity contribution is 0.0996. The smallest absolute Gasteiger partial charge is 0.267 e. The van der Waals surface area contributed by atoms with Gasteiger partial charge in [-0.1, -0.05) is 11.6 Å². The predicted molar refractivity (Wildman–Crippen MR) is 87.5 cm³/mol. The number of hydrogen-bond donors (Lipinski definition) is 2. The molecule has 0 saturated carbocycles. The second-order valence-electron chi connectivity index (χ2n) is 4.84. The minimum Gasteiger partial charge on any atom is -0.364 e. The summed E-state index contributed by atoms with van der Waals surface area (Å²) in [5.74, 6) is -1.22. The molecule has 1 aromatic carbocycles. The van der Waals surface area contributed by atoms with Crippen molar-refractivity contribution >= 4 is 39.9 Å². The molecule has 0 saturated heterocycles. The van der Waals surface area contributed by atoms with Gasteiger partial charge in [-0.15, -0.1) is 0 Å². The highest BCUT2D eigenvalue weighted by molar-refractivity contribution is 6.31. The Morgan fingerprint density at radius 3 is 2.79 bits per heavy atom. The van der Waals surface area contributed by atoms with Gasteiger partial charge in [-0.05, 0) is 30.3 Å². The van der Waals surface area contributed by atoms with Crippen LogP contribution >= 0.6 is 11.6 Å². The molecule has 6 nitrogen and oxygen atoms in total. The van der Waals surface area contributed by atoms with Crippen LogP contribution in [0.3, 0.4) is 0 Å². The van der Waals surface area contributed by atoms with Crippen LogP contribution in [0.25, 0.3) is 11.0 Å². The monoisotopic (exact) mass is 341 g/mol. The van der Waals surface area contributed by atoms with E-state index in [-0.39, 0.29) is 21.9 Å². The van der Waals surface area contributed by atoms with Crippen molar-refractivity contribution in [3.8, 4) is 6.07 Å². The predicted octanol–water partition coefficient (Wildman–Crippen LogP) is 3.14. The molecule has 118 valence electrons. The largest absolute Gasteiger partial charge is 0.364 e. The van der Waals surface area contributed by atoms with E-state index in [1.54, 1.807) is 6.07 Å². The van der Waals surface area contributed by atoms with Gasteiger partial charge in [-0.2, -0.15) is 5.26 Å². The lowest BCUT2D eigenvalue weighted by Crippen LogP contribution is -2.13. The first kappa shape index (κ1) is 15.6. The van der Waals surface area contributed by atoms with E-state index in [9.17, 15) is 14.4 Å². The first-order valence-electron chi connectivity index (χ1n) is 6.71. The normalized spacial score (nSPS) is 10.4. The van der Waals surface area contributed by atoms with Crippen molar-refractivity contribution in [2.45, 2.75) is 0 Å². The summed E-state index contributed by atoms with van der Waals surface area (Å²) in [6.45, 7) is 0. The summed E-state index contributed by atoms with van der Waals surface area (Å²) in [5, 5.41) is 12.8. The molecule has 3 aromatic rings. The van der Waals surface area contributed by atoms with Crippen molar-refractivity contribution in [3.63, 3.8) is 0 Å². The van der Waals surface area contributed by atoms with E-state index >= 15 is 0 Å². The molecule has 0 fully saturated rings. The van der Waals surface area contributed by atoms with Crippen LogP contribution in [0.2, 0.25) is 5.02 Å². The van der Waals surface area contributed by atoms with Crippen LogP contribution in [-0.2, 0) is 0 Å². The van der Waals surface area contributed by atoms with Gasteiger partial charge >= 0.3 is 0 Å². The number of anilines is 2. The molecule has 0 aliphatic rings. The quantitative estimate of drug-likeness (QED) is 0.761. The molecule has 1 amide bonds. The van der Waals surface area contributed by atoms with Crippen LogP contribution in [-0.4, -0.2) is 15.9 Å². The van der Waals surface area contributed by atoms with Gasteiger partial charge in [0.2, 0.25) is 0 Å². The fourth-order valence-electron chi connectivity index (χ4n) is 2.15. The molecule has 0 aliphatic carbocycles. The molecule has 8 heteroatoms. The SMILES string of the molecule is N#Cc1cnc2nc(C(N)=O)ccc2c1Nc1ccc(F)c(Cl)c1. The number of rotatable bonds is 3. The third-order valence-electron chi connectivity index (χ3n) is 3.29. The maximum absolute atomic E-state index is 13.3. The molecular weight excluding hydrogens is 333 g/mol. The number of pyridine rings is 2. The first-order valence-corrected chi connectivity index (χ1v) is 7.09. The highest BCUT2D eigenvalue weighted by atomic mass is 35.5. The standard InChI is InChI=1S/C16H9ClFN5O/c17-11-5-9(1-3-12(11)18)22-14-8(6-19)7-21-16-10(14)2-4-13(23-16)15(20)24/h1-5,7H,(H2,20,24)(H,21,22,23). The van der Waals surface area contributed by atoms with E-state index in [1.165, 1.54) is 30.5 Å². The van der Waals surface area contributed by atoms with Gasteiger partial charge in [0.15, 0.2) is 5.65 Å². The molecule has 2 heterocycles. The Bertz CT molecular complexity index is 1020. The molecule has 3 rings (SSSR count). The van der Waals surface area contributed by atoms with Gasteiger partial charge in [0, 0.05) is 17.3 Å². The molecule has 24 heavy (non-hydrogen) atoms. The zero-order valence-electron chi connectivity index (χ0n) is 12.0. The number of benzene rings is 1. The highest BCUT2D eigenvalue weighted by Crippen LogP contribution is 2.29. The number of carbonyl (C=O) groups is 1. The molecule has 0 atom stereocenters. The zero-order valence-corrected chi connectivity index (χ0v) is 12.8. The molecule has 3 N–H and O–H groups in total. The van der Waals surface area contributed by atoms with Crippen molar-refractivity contribution in [3.05, 3.63) is 58.6 Å². The number of halogens is 2. The second-order valence-corrected chi connectivity index (χ2v) is 5.25. The fourth-order valence-corrected chi connectivity index (χ4v) is 2.33. The minimum absolute atomic E-state index is 0.0500. The number of primary amides is 1. The Hall–Kier alpha value is -3.24. The lowest BCUT2D eigenvalue weighted by atomic mass is 10.1. The Labute approximate surface area is 140 Å². The van der Waals surface area contributed by atoms with Gasteiger partial charge in [-0.3, -0.25) is 4.79 Å². The summed E-state index contributed by atoms with van der Waals surface area (Å²) in [7, 11) is 0. The van der Waals surface area contributed by atoms with E-state index in [1.807, 2.05) is 6.07 Å². The fraction of sp³-hybridized carbons (Fsp3) is 0. The van der Waals surface area contributed by atoms with Gasteiger partial charge < -0.3 is 11.1 Å². The van der Waals surface area contributed by atoms with E-state index in [4.69, 9.17) is 17.3 Å². The molecule has 2 aromatic heterocycles. The number of nitriles is 1. The summed E-state index contributed by atoms with van der Waals surface area (Å²) in [4.78, 5) is 19.4. The number of nitrogens with one attached hydrogen (secondary N) is 1. The van der Waals surface area contributed by atoms with Crippen LogP contribution in [0.5, 0.6) is 0 Å². The number of fused-ring (bicyclic) bond motifs is 1. The summed E-state index contributed by atoms with van der Waals surface area (Å²) >= 11 is 5.77. The number of nitrogens with zero attached hydrogens (tertiary/aromatic N) is 3. The Morgan fingerprint density at radius 2 is 2.12 bits per heavy atom. The van der Waals surface area contributed by atoms with Crippen molar-refractivity contribution in [2.75, 3.05) is 5.32 Å². The maximum atomic E-state index is 13.3. The van der Waals surface area contributed by atoms with Gasteiger partial charge in [0.1, 0.15) is 17.6 Å². The lowest BCUT2D eigenvalue weighted by Gasteiger charge is -2.12. The number of nitrogens with two attached hydrogens (primary N) is 1. The van der Waals surface area contributed by atoms with E-state index in [0.717, 1.165) is 0 Å². The van der Waals surface area contributed by atoms with Gasteiger partial charge in [-0.25, -0.2) is 14.4 Å². The van der Waals surface area contributed by atoms with E-state index in [0.29, 0.717) is 16.8 Å². The number of amides is 1. The Kier molecular flexibility index (Phi) is 3.98. The van der Waals surface area contributed by atoms with Crippen LogP contribution in [0.1, 0.15) is 16.1 Å². The van der Waals surface area contributed by atoms with Gasteiger partial charge in [0.05, 0.1) is 16.3 Å². The van der Waals surface area contributed by atoms with E-state index < -0.39 is 11.7 Å². The van der Waals surface area contributed by atoms with Crippen molar-refractivity contribution in [1.29, 1.82) is 5.26 Å². The number of hydrogen-bond acceptors (Lipinski definition) is 5. The molecule has 0 unspecified atom stereocenters. The van der Waals surface area contributed by atoms with Crippen molar-refractivity contribution in [1.82, 2.24) is 9.97 Å². The molecular formula is C16H9ClFN5O. The highest BCUT2D eigenvalue weighted by Gasteiger charge is 2.13. The van der Waals surface area contributed by atoms with Crippen LogP contribution < -0.4 is 11.1 Å². The Morgan fingerprint density at radius 1 is 1.33 bits per heavy atom. The van der Waals surface area contributed by atoms with Crippen LogP contribution in [0, 0.1) is 17.1 Å². The average molecular weight is 342 g/mol. The zero-order chi connectivity index (χ0) is 17.3. The topological polar surface area (TPSA) is 105 Å². The van der Waals surface area contributed by atoms with Gasteiger partial charge in [0.25, 0.3) is 5.91 Å². The van der Waals surface area contributed by atoms with Crippen molar-refractivity contribution in [2.24, 2.45) is 5.73 Å². The third-order valence-corrected chi connectivity index (χ3v) is 3.58. The summed E-state index contributed by atoms with van der Waals surface area (Å²) < 4.78 is 13.3. The summed E-state index contributed by atoms with van der Waals surface area (Å²) in [6, 6.07) is 9.14. The minimum atomic E-state index is -0.678.